The average Bonchev–Trinajstić information content (AvgIpc) is 2.14. The average molecular weight is 129 g/mol. The Labute approximate surface area is 53.4 Å². The van der Waals surface area contributed by atoms with Crippen molar-refractivity contribution < 1.29 is 0 Å². The molecule has 1 atom stereocenters. The SMILES string of the molecule is CC[SiH]1CCCN1C. The first kappa shape index (κ1) is 6.30. The first-order valence-corrected chi connectivity index (χ1v) is 5.69. The lowest BCUT2D eigenvalue weighted by molar-refractivity contribution is 0.562. The van der Waals surface area contributed by atoms with E-state index in [1.165, 1.54) is 19.0 Å². The Kier molecular flexibility index (Phi) is 2.08. The van der Waals surface area contributed by atoms with E-state index in [1.807, 2.05) is 0 Å². The van der Waals surface area contributed by atoms with Gasteiger partial charge in [-0.2, -0.15) is 0 Å². The maximum Gasteiger partial charge on any atom is 0.111 e. The van der Waals surface area contributed by atoms with Gasteiger partial charge >= 0.3 is 0 Å². The zero-order valence-electron chi connectivity index (χ0n) is 5.85. The third-order valence-electron chi connectivity index (χ3n) is 2.14. The van der Waals surface area contributed by atoms with Crippen molar-refractivity contribution in [2.24, 2.45) is 0 Å². The molecule has 0 aliphatic carbocycles. The van der Waals surface area contributed by atoms with Crippen LogP contribution >= 0.6 is 0 Å². The molecule has 1 nitrogen and oxygen atoms in total. The van der Waals surface area contributed by atoms with Gasteiger partial charge in [0.2, 0.25) is 0 Å². The minimum absolute atomic E-state index is 0.321. The highest BCUT2D eigenvalue weighted by atomic mass is 28.3. The predicted molar refractivity (Wildman–Crippen MR) is 39.7 cm³/mol. The third kappa shape index (κ3) is 1.12. The fraction of sp³-hybridized carbons (Fsp3) is 1.00. The van der Waals surface area contributed by atoms with Crippen LogP contribution in [0.15, 0.2) is 0 Å². The Bertz CT molecular complexity index is 74.9. The van der Waals surface area contributed by atoms with Crippen molar-refractivity contribution in [1.29, 1.82) is 0 Å². The van der Waals surface area contributed by atoms with Gasteiger partial charge in [-0.25, -0.2) is 0 Å². The molecule has 0 aromatic carbocycles. The molecule has 0 aromatic heterocycles. The van der Waals surface area contributed by atoms with E-state index in [0.29, 0.717) is 0 Å². The summed E-state index contributed by atoms with van der Waals surface area (Å²) in [5.41, 5.74) is 0. The summed E-state index contributed by atoms with van der Waals surface area (Å²) in [6.07, 6.45) is 1.47. The largest absolute Gasteiger partial charge is 0.329 e. The van der Waals surface area contributed by atoms with E-state index < -0.39 is 0 Å². The van der Waals surface area contributed by atoms with E-state index in [9.17, 15) is 0 Å². The van der Waals surface area contributed by atoms with Crippen LogP contribution in [0.25, 0.3) is 0 Å². The van der Waals surface area contributed by atoms with Gasteiger partial charge in [-0.1, -0.05) is 6.92 Å². The van der Waals surface area contributed by atoms with Gasteiger partial charge in [-0.3, -0.25) is 0 Å². The molecule has 48 valence electrons. The van der Waals surface area contributed by atoms with Crippen LogP contribution in [0, 0.1) is 0 Å². The van der Waals surface area contributed by atoms with E-state index in [-0.39, 0.29) is 8.96 Å². The highest BCUT2D eigenvalue weighted by molar-refractivity contribution is 6.56. The molecule has 2 heteroatoms. The van der Waals surface area contributed by atoms with E-state index in [2.05, 4.69) is 18.5 Å². The summed E-state index contributed by atoms with van der Waals surface area (Å²) in [5, 5.41) is 0. The highest BCUT2D eigenvalue weighted by Gasteiger charge is 2.19. The molecule has 0 radical (unpaired) electrons. The molecule has 1 aliphatic heterocycles. The van der Waals surface area contributed by atoms with Crippen molar-refractivity contribution in [3.63, 3.8) is 0 Å². The molecule has 1 saturated heterocycles. The number of hydrogen-bond donors (Lipinski definition) is 0. The summed E-state index contributed by atoms with van der Waals surface area (Å²) < 4.78 is 2.60. The minimum Gasteiger partial charge on any atom is -0.329 e. The quantitative estimate of drug-likeness (QED) is 0.479. The molecule has 1 unspecified atom stereocenters. The van der Waals surface area contributed by atoms with Gasteiger partial charge in [-0.15, -0.1) is 0 Å². The molecule has 0 saturated carbocycles. The van der Waals surface area contributed by atoms with Gasteiger partial charge in [0.15, 0.2) is 0 Å². The second kappa shape index (κ2) is 2.64. The summed E-state index contributed by atoms with van der Waals surface area (Å²) in [7, 11) is 1.96. The normalized spacial score (nSPS) is 31.5. The molecular weight excluding hydrogens is 114 g/mol. The monoisotopic (exact) mass is 129 g/mol. The molecule has 1 rings (SSSR count). The summed E-state index contributed by atoms with van der Waals surface area (Å²) in [6.45, 7) is 3.71. The van der Waals surface area contributed by atoms with Crippen LogP contribution in [0.5, 0.6) is 0 Å². The van der Waals surface area contributed by atoms with Crippen molar-refractivity contribution in [3.8, 4) is 0 Å². The Hall–Kier alpha value is 0.177. The van der Waals surface area contributed by atoms with Crippen LogP contribution in [0.3, 0.4) is 0 Å². The lowest BCUT2D eigenvalue weighted by Crippen LogP contribution is -2.28. The Morgan fingerprint density at radius 2 is 2.38 bits per heavy atom. The van der Waals surface area contributed by atoms with Crippen molar-refractivity contribution in [3.05, 3.63) is 0 Å². The molecule has 8 heavy (non-hydrogen) atoms. The van der Waals surface area contributed by atoms with Gasteiger partial charge in [0.1, 0.15) is 8.96 Å². The fourth-order valence-corrected chi connectivity index (χ4v) is 4.17. The first-order valence-electron chi connectivity index (χ1n) is 3.55. The molecule has 0 spiro atoms. The Balaban J connectivity index is 2.30. The molecule has 0 amide bonds. The minimum atomic E-state index is -0.321. The molecule has 1 aliphatic rings. The first-order chi connectivity index (χ1) is 3.84. The standard InChI is InChI=1S/C6H15NSi/c1-3-8-6-4-5-7(8)2/h8H,3-6H2,1-2H3. The maximum atomic E-state index is 2.60. The van der Waals surface area contributed by atoms with Gasteiger partial charge in [0.25, 0.3) is 0 Å². The molecule has 0 N–H and O–H groups in total. The smallest absolute Gasteiger partial charge is 0.111 e. The second-order valence-corrected chi connectivity index (χ2v) is 6.27. The van der Waals surface area contributed by atoms with Crippen molar-refractivity contribution in [2.45, 2.75) is 25.4 Å². The topological polar surface area (TPSA) is 3.24 Å². The van der Waals surface area contributed by atoms with Gasteiger partial charge in [0.05, 0.1) is 0 Å². The molecule has 0 bridgehead atoms. The molecule has 0 aromatic rings. The highest BCUT2D eigenvalue weighted by Crippen LogP contribution is 2.14. The number of nitrogens with zero attached hydrogens (tertiary/aromatic N) is 1. The summed E-state index contributed by atoms with van der Waals surface area (Å²) in [6, 6.07) is 3.03. The van der Waals surface area contributed by atoms with Crippen molar-refractivity contribution in [2.75, 3.05) is 13.6 Å². The van der Waals surface area contributed by atoms with Crippen molar-refractivity contribution >= 4 is 8.96 Å². The molecule has 1 fully saturated rings. The van der Waals surface area contributed by atoms with Gasteiger partial charge in [-0.05, 0) is 32.1 Å². The zero-order chi connectivity index (χ0) is 5.98. The summed E-state index contributed by atoms with van der Waals surface area (Å²) in [5.74, 6) is 0. The molecular formula is C6H15NSi. The van der Waals surface area contributed by atoms with Crippen LogP contribution in [-0.4, -0.2) is 27.1 Å². The number of hydrogen-bond acceptors (Lipinski definition) is 1. The van der Waals surface area contributed by atoms with Crippen LogP contribution in [0.2, 0.25) is 12.1 Å². The Morgan fingerprint density at radius 1 is 1.62 bits per heavy atom. The second-order valence-electron chi connectivity index (χ2n) is 2.68. The van der Waals surface area contributed by atoms with Crippen molar-refractivity contribution in [1.82, 2.24) is 4.57 Å². The van der Waals surface area contributed by atoms with E-state index in [1.54, 1.807) is 6.04 Å². The fourth-order valence-electron chi connectivity index (χ4n) is 1.50. The maximum absolute atomic E-state index is 2.60. The van der Waals surface area contributed by atoms with E-state index in [0.717, 1.165) is 0 Å². The van der Waals surface area contributed by atoms with Crippen LogP contribution < -0.4 is 0 Å². The van der Waals surface area contributed by atoms with Crippen LogP contribution in [-0.2, 0) is 0 Å². The molecule has 1 heterocycles. The lowest BCUT2D eigenvalue weighted by atomic mass is 10.5. The number of rotatable bonds is 1. The van der Waals surface area contributed by atoms with Gasteiger partial charge < -0.3 is 4.57 Å². The Morgan fingerprint density at radius 3 is 2.62 bits per heavy atom. The zero-order valence-corrected chi connectivity index (χ0v) is 7.01. The summed E-state index contributed by atoms with van der Waals surface area (Å²) >= 11 is 0. The third-order valence-corrected chi connectivity index (χ3v) is 5.66. The predicted octanol–water partition coefficient (Wildman–Crippen LogP) is 1.07. The van der Waals surface area contributed by atoms with E-state index >= 15 is 0 Å². The van der Waals surface area contributed by atoms with Gasteiger partial charge in [0, 0.05) is 0 Å². The van der Waals surface area contributed by atoms with Crippen LogP contribution in [0.4, 0.5) is 0 Å². The summed E-state index contributed by atoms with van der Waals surface area (Å²) in [4.78, 5) is 0. The van der Waals surface area contributed by atoms with E-state index in [4.69, 9.17) is 0 Å². The van der Waals surface area contributed by atoms with Crippen LogP contribution in [0.1, 0.15) is 13.3 Å². The lowest BCUT2D eigenvalue weighted by Gasteiger charge is -2.14.